The van der Waals surface area contributed by atoms with E-state index in [1.54, 1.807) is 0 Å². The summed E-state index contributed by atoms with van der Waals surface area (Å²) in [7, 11) is 0. The molecule has 0 atom stereocenters. The number of nitrogens with zero attached hydrogens (tertiary/aromatic N) is 2. The fourth-order valence-corrected chi connectivity index (χ4v) is 2.02. The topological polar surface area (TPSA) is 49.8 Å². The van der Waals surface area contributed by atoms with Crippen LogP contribution in [0.2, 0.25) is 0 Å². The molecule has 1 saturated carbocycles. The van der Waals surface area contributed by atoms with Gasteiger partial charge in [0.25, 0.3) is 0 Å². The van der Waals surface area contributed by atoms with E-state index in [1.807, 2.05) is 13.8 Å². The van der Waals surface area contributed by atoms with Crippen LogP contribution < -0.4 is 10.6 Å². The molecule has 4 nitrogen and oxygen atoms in total. The van der Waals surface area contributed by atoms with Crippen LogP contribution in [0.15, 0.2) is 6.07 Å². The van der Waals surface area contributed by atoms with Crippen LogP contribution in [0.1, 0.15) is 38.9 Å². The molecule has 1 aliphatic rings. The van der Waals surface area contributed by atoms with Gasteiger partial charge in [-0.15, -0.1) is 0 Å². The van der Waals surface area contributed by atoms with Crippen molar-refractivity contribution in [2.24, 2.45) is 0 Å². The van der Waals surface area contributed by atoms with E-state index in [4.69, 9.17) is 0 Å². The Labute approximate surface area is 116 Å². The summed E-state index contributed by atoms with van der Waals surface area (Å²) in [5.74, 6) is 1.37. The highest BCUT2D eigenvalue weighted by atomic mass is 19.4. The lowest BCUT2D eigenvalue weighted by Gasteiger charge is -2.21. The van der Waals surface area contributed by atoms with Gasteiger partial charge in [0.1, 0.15) is 23.0 Å². The summed E-state index contributed by atoms with van der Waals surface area (Å²) in [6, 6.07) is 1.54. The molecule has 0 radical (unpaired) electrons. The van der Waals surface area contributed by atoms with E-state index in [9.17, 15) is 13.2 Å². The molecule has 0 spiro atoms. The van der Waals surface area contributed by atoms with Crippen molar-refractivity contribution in [1.82, 2.24) is 9.97 Å². The van der Waals surface area contributed by atoms with E-state index in [1.165, 1.54) is 6.07 Å². The number of hydrogen-bond donors (Lipinski definition) is 2. The summed E-state index contributed by atoms with van der Waals surface area (Å²) in [5, 5.41) is 5.57. The summed E-state index contributed by atoms with van der Waals surface area (Å²) in [6.07, 6.45) is -2.56. The van der Waals surface area contributed by atoms with Crippen molar-refractivity contribution in [1.29, 1.82) is 0 Å². The Bertz CT molecular complexity index is 445. The maximum Gasteiger partial charge on any atom is 0.411 e. The highest BCUT2D eigenvalue weighted by Crippen LogP contribution is 2.51. The van der Waals surface area contributed by atoms with Crippen LogP contribution in [0.4, 0.5) is 24.8 Å². The molecule has 1 aromatic heterocycles. The second kappa shape index (κ2) is 5.46. The van der Waals surface area contributed by atoms with E-state index in [0.717, 1.165) is 6.42 Å². The predicted molar refractivity (Wildman–Crippen MR) is 71.8 cm³/mol. The minimum Gasteiger partial charge on any atom is -0.370 e. The first kappa shape index (κ1) is 14.9. The Kier molecular flexibility index (Phi) is 4.06. The first-order valence-electron chi connectivity index (χ1n) is 6.87. The van der Waals surface area contributed by atoms with Gasteiger partial charge in [0.15, 0.2) is 0 Å². The fourth-order valence-electron chi connectivity index (χ4n) is 2.02. The van der Waals surface area contributed by atoms with E-state index < -0.39 is 11.7 Å². The molecule has 2 rings (SSSR count). The highest BCUT2D eigenvalue weighted by molar-refractivity contribution is 5.50. The Morgan fingerprint density at radius 3 is 2.35 bits per heavy atom. The smallest absolute Gasteiger partial charge is 0.370 e. The molecule has 1 aliphatic carbocycles. The average Bonchev–Trinajstić information content (AvgIpc) is 3.10. The zero-order chi connectivity index (χ0) is 14.8. The Morgan fingerprint density at radius 1 is 1.20 bits per heavy atom. The first-order chi connectivity index (χ1) is 9.40. The number of alkyl halides is 3. The lowest BCUT2D eigenvalue weighted by atomic mass is 10.2. The maximum absolute atomic E-state index is 13.0. The van der Waals surface area contributed by atoms with Gasteiger partial charge in [-0.25, -0.2) is 9.97 Å². The van der Waals surface area contributed by atoms with Gasteiger partial charge in [0.2, 0.25) is 0 Å². The van der Waals surface area contributed by atoms with Crippen LogP contribution in [0.25, 0.3) is 0 Å². The number of halogens is 3. The van der Waals surface area contributed by atoms with E-state index in [-0.39, 0.29) is 18.7 Å². The van der Waals surface area contributed by atoms with Crippen molar-refractivity contribution in [3.8, 4) is 0 Å². The van der Waals surface area contributed by atoms with Crippen LogP contribution in [-0.2, 0) is 6.42 Å². The van der Waals surface area contributed by atoms with Gasteiger partial charge >= 0.3 is 6.18 Å². The molecule has 7 heteroatoms. The van der Waals surface area contributed by atoms with Crippen molar-refractivity contribution < 1.29 is 13.2 Å². The molecule has 0 amide bonds. The van der Waals surface area contributed by atoms with E-state index in [2.05, 4.69) is 20.6 Å². The number of aromatic nitrogens is 2. The molecule has 20 heavy (non-hydrogen) atoms. The quantitative estimate of drug-likeness (QED) is 0.842. The van der Waals surface area contributed by atoms with Gasteiger partial charge < -0.3 is 10.6 Å². The summed E-state index contributed by atoms with van der Waals surface area (Å²) in [4.78, 5) is 8.46. The zero-order valence-electron chi connectivity index (χ0n) is 11.6. The second-order valence-electron chi connectivity index (χ2n) is 5.04. The summed E-state index contributed by atoms with van der Waals surface area (Å²) in [5.41, 5.74) is -1.80. The molecular weight excluding hydrogens is 269 g/mol. The standard InChI is InChI=1S/C13H19F3N4/c1-3-5-9-18-10(17-4-2)8-11(19-9)20-12(6-7-12)13(14,15)16/h8H,3-7H2,1-2H3,(H2,17,18,19,20). The minimum atomic E-state index is -4.25. The number of rotatable bonds is 6. The minimum absolute atomic E-state index is 0.0974. The SMILES string of the molecule is CCCc1nc(NCC)cc(NC2(C(F)(F)F)CC2)n1. The Balaban J connectivity index is 2.22. The summed E-state index contributed by atoms with van der Waals surface area (Å²) >= 11 is 0. The molecule has 0 unspecified atom stereocenters. The first-order valence-corrected chi connectivity index (χ1v) is 6.87. The van der Waals surface area contributed by atoms with E-state index in [0.29, 0.717) is 24.6 Å². The normalized spacial score (nSPS) is 16.9. The van der Waals surface area contributed by atoms with Crippen LogP contribution in [0.5, 0.6) is 0 Å². The van der Waals surface area contributed by atoms with Crippen molar-refractivity contribution >= 4 is 11.6 Å². The molecule has 0 bridgehead atoms. The van der Waals surface area contributed by atoms with Gasteiger partial charge in [-0.1, -0.05) is 6.92 Å². The third-order valence-corrected chi connectivity index (χ3v) is 3.26. The third kappa shape index (κ3) is 3.13. The molecule has 0 aliphatic heterocycles. The van der Waals surface area contributed by atoms with E-state index >= 15 is 0 Å². The van der Waals surface area contributed by atoms with Gasteiger partial charge in [0, 0.05) is 19.0 Å². The predicted octanol–water partition coefficient (Wildman–Crippen LogP) is 3.37. The summed E-state index contributed by atoms with van der Waals surface area (Å²) in [6.45, 7) is 4.55. The molecule has 0 aromatic carbocycles. The van der Waals surface area contributed by atoms with Gasteiger partial charge in [0.05, 0.1) is 0 Å². The van der Waals surface area contributed by atoms with Crippen LogP contribution in [-0.4, -0.2) is 28.2 Å². The van der Waals surface area contributed by atoms with Crippen molar-refractivity contribution in [3.05, 3.63) is 11.9 Å². The molecule has 1 heterocycles. The zero-order valence-corrected chi connectivity index (χ0v) is 11.6. The van der Waals surface area contributed by atoms with Crippen LogP contribution >= 0.6 is 0 Å². The van der Waals surface area contributed by atoms with Crippen molar-refractivity contribution in [2.75, 3.05) is 17.2 Å². The molecule has 112 valence electrons. The maximum atomic E-state index is 13.0. The number of nitrogens with one attached hydrogen (secondary N) is 2. The fraction of sp³-hybridized carbons (Fsp3) is 0.692. The molecule has 1 fully saturated rings. The monoisotopic (exact) mass is 288 g/mol. The average molecular weight is 288 g/mol. The second-order valence-corrected chi connectivity index (χ2v) is 5.04. The number of anilines is 2. The largest absolute Gasteiger partial charge is 0.411 e. The summed E-state index contributed by atoms with van der Waals surface area (Å²) < 4.78 is 38.9. The van der Waals surface area contributed by atoms with Gasteiger partial charge in [-0.2, -0.15) is 13.2 Å². The molecule has 1 aromatic rings. The lowest BCUT2D eigenvalue weighted by Crippen LogP contribution is -2.39. The van der Waals surface area contributed by atoms with Crippen molar-refractivity contribution in [2.45, 2.75) is 51.2 Å². The molecular formula is C13H19F3N4. The highest BCUT2D eigenvalue weighted by Gasteiger charge is 2.63. The number of aryl methyl sites for hydroxylation is 1. The lowest BCUT2D eigenvalue weighted by molar-refractivity contribution is -0.151. The molecule has 2 N–H and O–H groups in total. The van der Waals surface area contributed by atoms with Gasteiger partial charge in [-0.05, 0) is 26.2 Å². The van der Waals surface area contributed by atoms with Gasteiger partial charge in [-0.3, -0.25) is 0 Å². The Hall–Kier alpha value is -1.53. The van der Waals surface area contributed by atoms with Crippen LogP contribution in [0, 0.1) is 0 Å². The van der Waals surface area contributed by atoms with Crippen molar-refractivity contribution in [3.63, 3.8) is 0 Å². The number of hydrogen-bond acceptors (Lipinski definition) is 4. The Morgan fingerprint density at radius 2 is 1.85 bits per heavy atom. The third-order valence-electron chi connectivity index (χ3n) is 3.26. The molecule has 0 saturated heterocycles. The van der Waals surface area contributed by atoms with Crippen LogP contribution in [0.3, 0.4) is 0 Å².